The maximum Gasteiger partial charge on any atom is 0.0514 e. The molecule has 0 aliphatic rings. The van der Waals surface area contributed by atoms with Gasteiger partial charge in [0, 0.05) is 0 Å². The lowest BCUT2D eigenvalue weighted by Gasteiger charge is -2.24. The molecule has 0 bridgehead atoms. The molecule has 1 atom stereocenters. The highest BCUT2D eigenvalue weighted by Gasteiger charge is 2.20. The molecule has 0 heterocycles. The summed E-state index contributed by atoms with van der Waals surface area (Å²) in [6.45, 7) is 14.3. The maximum atomic E-state index is 2.46. The van der Waals surface area contributed by atoms with E-state index in [2.05, 4.69) is 41.5 Å². The van der Waals surface area contributed by atoms with E-state index in [1.54, 1.807) is 0 Å². The summed E-state index contributed by atoms with van der Waals surface area (Å²) in [4.78, 5) is 0. The van der Waals surface area contributed by atoms with Crippen LogP contribution in [0.5, 0.6) is 0 Å². The van der Waals surface area contributed by atoms with E-state index in [0.717, 1.165) is 17.4 Å². The molecule has 0 amide bonds. The van der Waals surface area contributed by atoms with Crippen LogP contribution < -0.4 is 0 Å². The lowest BCUT2D eigenvalue weighted by atomic mass is 10.3. The van der Waals surface area contributed by atoms with Gasteiger partial charge in [-0.25, -0.2) is 0 Å². The average molecular weight is 199 g/mol. The normalized spacial score (nSPS) is 14.5. The molecule has 0 spiro atoms. The van der Waals surface area contributed by atoms with Gasteiger partial charge in [0.05, 0.1) is 8.80 Å². The molecule has 79 valence electrons. The van der Waals surface area contributed by atoms with E-state index in [9.17, 15) is 0 Å². The van der Waals surface area contributed by atoms with Crippen molar-refractivity contribution in [3.05, 3.63) is 0 Å². The Hall–Kier alpha value is 0.217. The zero-order valence-corrected chi connectivity index (χ0v) is 11.4. The zero-order chi connectivity index (χ0) is 10.4. The monoisotopic (exact) mass is 199 g/mol. The predicted octanol–water partition coefficient (Wildman–Crippen LogP) is 4.59. The van der Waals surface area contributed by atoms with E-state index >= 15 is 0 Å². The van der Waals surface area contributed by atoms with Gasteiger partial charge in [0.2, 0.25) is 0 Å². The standard InChI is InChI=1S/C12H27Si/c1-7-12(6)13(8-10(2)3)9-11(4)5/h10-12H,7-9H2,1-6H3. The first-order chi connectivity index (χ1) is 5.97. The minimum atomic E-state index is -0.0723. The Morgan fingerprint density at radius 3 is 1.46 bits per heavy atom. The molecule has 0 rings (SSSR count). The molecule has 0 aromatic carbocycles. The van der Waals surface area contributed by atoms with Crippen molar-refractivity contribution in [3.63, 3.8) is 0 Å². The van der Waals surface area contributed by atoms with E-state index < -0.39 is 0 Å². The molecule has 0 aliphatic carbocycles. The second-order valence-electron chi connectivity index (χ2n) is 5.16. The van der Waals surface area contributed by atoms with E-state index in [4.69, 9.17) is 0 Å². The SMILES string of the molecule is CCC(C)[Si](CC(C)C)CC(C)C. The average Bonchev–Trinajstić information content (AvgIpc) is 2.00. The summed E-state index contributed by atoms with van der Waals surface area (Å²) >= 11 is 0. The molecule has 1 radical (unpaired) electrons. The second kappa shape index (κ2) is 6.64. The molecule has 0 fully saturated rings. The van der Waals surface area contributed by atoms with Crippen molar-refractivity contribution < 1.29 is 0 Å². The molecule has 13 heavy (non-hydrogen) atoms. The maximum absolute atomic E-state index is 2.46. The van der Waals surface area contributed by atoms with Gasteiger partial charge in [-0.1, -0.05) is 65.6 Å². The Balaban J connectivity index is 4.02. The van der Waals surface area contributed by atoms with Crippen molar-refractivity contribution >= 4 is 8.80 Å². The molecular weight excluding hydrogens is 172 g/mol. The Morgan fingerprint density at radius 1 is 0.846 bits per heavy atom. The summed E-state index contributed by atoms with van der Waals surface area (Å²) in [6.07, 6.45) is 1.38. The van der Waals surface area contributed by atoms with Crippen LogP contribution in [0.1, 0.15) is 48.0 Å². The molecule has 0 nitrogen and oxygen atoms in total. The minimum absolute atomic E-state index is 0.0723. The van der Waals surface area contributed by atoms with Crippen LogP contribution in [0.3, 0.4) is 0 Å². The van der Waals surface area contributed by atoms with Crippen LogP contribution >= 0.6 is 0 Å². The van der Waals surface area contributed by atoms with Gasteiger partial charge in [-0.3, -0.25) is 0 Å². The number of rotatable bonds is 6. The number of hydrogen-bond donors (Lipinski definition) is 0. The quantitative estimate of drug-likeness (QED) is 0.549. The third kappa shape index (κ3) is 6.31. The highest BCUT2D eigenvalue weighted by molar-refractivity contribution is 6.60. The largest absolute Gasteiger partial charge is 0.0654 e. The lowest BCUT2D eigenvalue weighted by molar-refractivity contribution is 0.669. The predicted molar refractivity (Wildman–Crippen MR) is 64.8 cm³/mol. The van der Waals surface area contributed by atoms with Gasteiger partial charge in [-0.2, -0.15) is 0 Å². The molecule has 1 heteroatoms. The van der Waals surface area contributed by atoms with Crippen molar-refractivity contribution in [2.45, 2.75) is 65.6 Å². The third-order valence-corrected chi connectivity index (χ3v) is 7.13. The van der Waals surface area contributed by atoms with Gasteiger partial charge in [0.1, 0.15) is 0 Å². The van der Waals surface area contributed by atoms with E-state index in [-0.39, 0.29) is 8.80 Å². The summed E-state index contributed by atoms with van der Waals surface area (Å²) in [5.74, 6) is 1.81. The van der Waals surface area contributed by atoms with Gasteiger partial charge in [-0.15, -0.1) is 0 Å². The first-order valence-corrected chi connectivity index (χ1v) is 7.81. The molecule has 0 aliphatic heterocycles. The molecular formula is C12H27Si. The molecule has 0 N–H and O–H groups in total. The lowest BCUT2D eigenvalue weighted by Crippen LogP contribution is -2.22. The van der Waals surface area contributed by atoms with Crippen LogP contribution in [-0.2, 0) is 0 Å². The fourth-order valence-electron chi connectivity index (χ4n) is 1.82. The number of hydrogen-bond acceptors (Lipinski definition) is 0. The third-order valence-electron chi connectivity index (χ3n) is 2.65. The summed E-state index contributed by atoms with van der Waals surface area (Å²) in [7, 11) is -0.0723. The first kappa shape index (κ1) is 13.2. The highest BCUT2D eigenvalue weighted by atomic mass is 28.3. The fourth-order valence-corrected chi connectivity index (χ4v) is 5.47. The van der Waals surface area contributed by atoms with Crippen molar-refractivity contribution in [1.29, 1.82) is 0 Å². The van der Waals surface area contributed by atoms with Gasteiger partial charge in [-0.05, 0) is 11.8 Å². The van der Waals surface area contributed by atoms with E-state index in [0.29, 0.717) is 0 Å². The van der Waals surface area contributed by atoms with Crippen molar-refractivity contribution in [2.75, 3.05) is 0 Å². The van der Waals surface area contributed by atoms with Crippen LogP contribution in [0.4, 0.5) is 0 Å². The van der Waals surface area contributed by atoms with Crippen LogP contribution in [0.25, 0.3) is 0 Å². The Morgan fingerprint density at radius 2 is 1.23 bits per heavy atom. The van der Waals surface area contributed by atoms with E-state index in [1.807, 2.05) is 0 Å². The van der Waals surface area contributed by atoms with Crippen molar-refractivity contribution in [2.24, 2.45) is 11.8 Å². The van der Waals surface area contributed by atoms with Crippen molar-refractivity contribution in [1.82, 2.24) is 0 Å². The smallest absolute Gasteiger partial charge is 0.0514 e. The fraction of sp³-hybridized carbons (Fsp3) is 1.00. The van der Waals surface area contributed by atoms with Crippen molar-refractivity contribution in [3.8, 4) is 0 Å². The summed E-state index contributed by atoms with van der Waals surface area (Å²) in [5.41, 5.74) is 1.01. The Labute approximate surface area is 86.7 Å². The molecule has 0 aromatic rings. The molecule has 0 aromatic heterocycles. The Kier molecular flexibility index (Phi) is 6.75. The molecule has 1 unspecified atom stereocenters. The van der Waals surface area contributed by atoms with Gasteiger partial charge in [0.15, 0.2) is 0 Å². The Bertz CT molecular complexity index is 108. The summed E-state index contributed by atoms with van der Waals surface area (Å²) in [5, 5.41) is 0. The highest BCUT2D eigenvalue weighted by Crippen LogP contribution is 2.26. The zero-order valence-electron chi connectivity index (χ0n) is 10.4. The topological polar surface area (TPSA) is 0 Å². The van der Waals surface area contributed by atoms with Gasteiger partial charge in [0.25, 0.3) is 0 Å². The van der Waals surface area contributed by atoms with Gasteiger partial charge >= 0.3 is 0 Å². The van der Waals surface area contributed by atoms with E-state index in [1.165, 1.54) is 18.5 Å². The minimum Gasteiger partial charge on any atom is -0.0654 e. The van der Waals surface area contributed by atoms with Crippen LogP contribution in [0.15, 0.2) is 0 Å². The van der Waals surface area contributed by atoms with Crippen LogP contribution in [0.2, 0.25) is 17.6 Å². The second-order valence-corrected chi connectivity index (χ2v) is 8.28. The summed E-state index contributed by atoms with van der Waals surface area (Å²) < 4.78 is 0. The molecule has 0 saturated carbocycles. The molecule has 0 saturated heterocycles. The first-order valence-electron chi connectivity index (χ1n) is 5.81. The van der Waals surface area contributed by atoms with Crippen LogP contribution in [-0.4, -0.2) is 8.80 Å². The van der Waals surface area contributed by atoms with Gasteiger partial charge < -0.3 is 0 Å². The van der Waals surface area contributed by atoms with Crippen LogP contribution in [0, 0.1) is 11.8 Å². The summed E-state index contributed by atoms with van der Waals surface area (Å²) in [6, 6.07) is 3.02.